The third-order valence-electron chi connectivity index (χ3n) is 4.62. The Labute approximate surface area is 161 Å². The van der Waals surface area contributed by atoms with Crippen molar-refractivity contribution in [3.63, 3.8) is 0 Å². The van der Waals surface area contributed by atoms with E-state index in [1.54, 1.807) is 0 Å². The fourth-order valence-electron chi connectivity index (χ4n) is 3.64. The molecule has 144 valence electrons. The Morgan fingerprint density at radius 3 is 2.41 bits per heavy atom. The third-order valence-corrected chi connectivity index (χ3v) is 4.62. The number of ether oxygens (including phenoxy) is 2. The predicted molar refractivity (Wildman–Crippen MR) is 107 cm³/mol. The second kappa shape index (κ2) is 9.02. The van der Waals surface area contributed by atoms with Gasteiger partial charge in [-0.1, -0.05) is 42.5 Å². The van der Waals surface area contributed by atoms with Gasteiger partial charge in [-0.2, -0.15) is 0 Å². The molecule has 1 saturated heterocycles. The highest BCUT2D eigenvalue weighted by atomic mass is 16.5. The molecule has 0 bridgehead atoms. The summed E-state index contributed by atoms with van der Waals surface area (Å²) >= 11 is 0. The molecule has 5 heteroatoms. The van der Waals surface area contributed by atoms with Gasteiger partial charge in [0, 0.05) is 13.1 Å². The van der Waals surface area contributed by atoms with Gasteiger partial charge in [0.05, 0.1) is 24.5 Å². The van der Waals surface area contributed by atoms with Crippen LogP contribution in [0.3, 0.4) is 0 Å². The SMILES string of the molecule is CCOc1ccccc1NC(=O)[C@H](c1ccccc1)N1C[C@@H](C)O[C@H](C)C1. The van der Waals surface area contributed by atoms with Crippen molar-refractivity contribution >= 4 is 11.6 Å². The van der Waals surface area contributed by atoms with E-state index in [0.29, 0.717) is 31.1 Å². The molecule has 0 spiro atoms. The quantitative estimate of drug-likeness (QED) is 0.841. The van der Waals surface area contributed by atoms with Crippen LogP contribution in [0, 0.1) is 0 Å². The minimum absolute atomic E-state index is 0.0605. The first-order valence-electron chi connectivity index (χ1n) is 9.55. The number of hydrogen-bond acceptors (Lipinski definition) is 4. The van der Waals surface area contributed by atoms with Crippen molar-refractivity contribution in [3.05, 3.63) is 60.2 Å². The number of morpholine rings is 1. The molecule has 3 atom stereocenters. The van der Waals surface area contributed by atoms with Crippen LogP contribution in [0.5, 0.6) is 5.75 Å². The minimum Gasteiger partial charge on any atom is -0.492 e. The van der Waals surface area contributed by atoms with E-state index in [9.17, 15) is 4.79 Å². The molecule has 3 rings (SSSR count). The molecule has 0 aromatic heterocycles. The molecule has 0 radical (unpaired) electrons. The second-order valence-corrected chi connectivity index (χ2v) is 6.94. The maximum absolute atomic E-state index is 13.3. The Hall–Kier alpha value is -2.37. The van der Waals surface area contributed by atoms with Gasteiger partial charge in [0.25, 0.3) is 0 Å². The maximum Gasteiger partial charge on any atom is 0.246 e. The number of nitrogens with one attached hydrogen (secondary N) is 1. The summed E-state index contributed by atoms with van der Waals surface area (Å²) in [5.41, 5.74) is 1.67. The van der Waals surface area contributed by atoms with Gasteiger partial charge in [-0.15, -0.1) is 0 Å². The highest BCUT2D eigenvalue weighted by Gasteiger charge is 2.33. The van der Waals surface area contributed by atoms with E-state index >= 15 is 0 Å². The van der Waals surface area contributed by atoms with Crippen molar-refractivity contribution in [2.24, 2.45) is 0 Å². The van der Waals surface area contributed by atoms with Crippen molar-refractivity contribution < 1.29 is 14.3 Å². The largest absolute Gasteiger partial charge is 0.492 e. The van der Waals surface area contributed by atoms with Crippen LogP contribution in [0.2, 0.25) is 0 Å². The minimum atomic E-state index is -0.380. The molecule has 2 aromatic carbocycles. The zero-order valence-corrected chi connectivity index (χ0v) is 16.2. The van der Waals surface area contributed by atoms with Crippen molar-refractivity contribution in [3.8, 4) is 5.75 Å². The summed E-state index contributed by atoms with van der Waals surface area (Å²) in [4.78, 5) is 15.5. The number of nitrogens with zero attached hydrogens (tertiary/aromatic N) is 1. The first-order valence-corrected chi connectivity index (χ1v) is 9.55. The van der Waals surface area contributed by atoms with Crippen molar-refractivity contribution in [2.45, 2.75) is 39.0 Å². The number of rotatable bonds is 6. The highest BCUT2D eigenvalue weighted by Crippen LogP contribution is 2.29. The zero-order valence-electron chi connectivity index (χ0n) is 16.2. The number of carbonyl (C=O) groups excluding carboxylic acids is 1. The van der Waals surface area contributed by atoms with Gasteiger partial charge in [0.15, 0.2) is 0 Å². The van der Waals surface area contributed by atoms with Crippen LogP contribution in [0.25, 0.3) is 0 Å². The zero-order chi connectivity index (χ0) is 19.2. The first kappa shape index (κ1) is 19.4. The molecule has 0 unspecified atom stereocenters. The second-order valence-electron chi connectivity index (χ2n) is 6.94. The maximum atomic E-state index is 13.3. The van der Waals surface area contributed by atoms with Crippen molar-refractivity contribution in [1.29, 1.82) is 0 Å². The van der Waals surface area contributed by atoms with E-state index in [-0.39, 0.29) is 24.2 Å². The summed E-state index contributed by atoms with van der Waals surface area (Å²) < 4.78 is 11.5. The van der Waals surface area contributed by atoms with Crippen molar-refractivity contribution in [1.82, 2.24) is 4.90 Å². The Kier molecular flexibility index (Phi) is 6.48. The average molecular weight is 368 g/mol. The van der Waals surface area contributed by atoms with Gasteiger partial charge in [0.1, 0.15) is 11.8 Å². The number of amides is 1. The molecule has 1 heterocycles. The van der Waals surface area contributed by atoms with E-state index < -0.39 is 0 Å². The van der Waals surface area contributed by atoms with Gasteiger partial charge in [-0.25, -0.2) is 0 Å². The summed E-state index contributed by atoms with van der Waals surface area (Å²) in [6.07, 6.45) is 0.173. The molecule has 1 fully saturated rings. The summed E-state index contributed by atoms with van der Waals surface area (Å²) in [6, 6.07) is 17.1. The predicted octanol–water partition coefficient (Wildman–Crippen LogP) is 3.87. The molecule has 0 saturated carbocycles. The molecule has 1 aliphatic rings. The van der Waals surface area contributed by atoms with Crippen LogP contribution in [-0.4, -0.2) is 42.7 Å². The van der Waals surface area contributed by atoms with Crippen LogP contribution < -0.4 is 10.1 Å². The lowest BCUT2D eigenvalue weighted by Gasteiger charge is -2.39. The standard InChI is InChI=1S/C22H28N2O3/c1-4-26-20-13-9-8-12-19(20)23-22(25)21(18-10-6-5-7-11-18)24-14-16(2)27-17(3)15-24/h5-13,16-17,21H,4,14-15H2,1-3H3,(H,23,25)/t16-,17-,21+/m1/s1. The third kappa shape index (κ3) is 4.87. The molecule has 2 aromatic rings. The van der Waals surface area contributed by atoms with E-state index in [2.05, 4.69) is 10.2 Å². The molecule has 0 aliphatic carbocycles. The fourth-order valence-corrected chi connectivity index (χ4v) is 3.64. The monoisotopic (exact) mass is 368 g/mol. The lowest BCUT2D eigenvalue weighted by molar-refractivity contribution is -0.128. The number of para-hydroxylation sites is 2. The topological polar surface area (TPSA) is 50.8 Å². The summed E-state index contributed by atoms with van der Waals surface area (Å²) in [6.45, 7) is 8.00. The van der Waals surface area contributed by atoms with Gasteiger partial charge < -0.3 is 14.8 Å². The fraction of sp³-hybridized carbons (Fsp3) is 0.409. The van der Waals surface area contributed by atoms with Gasteiger partial charge >= 0.3 is 0 Å². The smallest absolute Gasteiger partial charge is 0.246 e. The lowest BCUT2D eigenvalue weighted by Crippen LogP contribution is -2.49. The number of benzene rings is 2. The number of hydrogen-bond donors (Lipinski definition) is 1. The first-order chi connectivity index (χ1) is 13.1. The summed E-state index contributed by atoms with van der Waals surface area (Å²) in [7, 11) is 0. The van der Waals surface area contributed by atoms with E-state index in [1.165, 1.54) is 0 Å². The molecule has 5 nitrogen and oxygen atoms in total. The molecule has 1 N–H and O–H groups in total. The Bertz CT molecular complexity index is 740. The van der Waals surface area contributed by atoms with E-state index in [0.717, 1.165) is 5.56 Å². The van der Waals surface area contributed by atoms with Gasteiger partial charge in [-0.3, -0.25) is 9.69 Å². The van der Waals surface area contributed by atoms with Gasteiger partial charge in [0.2, 0.25) is 5.91 Å². The molecular formula is C22H28N2O3. The number of carbonyl (C=O) groups is 1. The van der Waals surface area contributed by atoms with Crippen LogP contribution in [-0.2, 0) is 9.53 Å². The Morgan fingerprint density at radius 2 is 1.74 bits per heavy atom. The van der Waals surface area contributed by atoms with E-state index in [1.807, 2.05) is 75.4 Å². The molecule has 1 amide bonds. The summed E-state index contributed by atoms with van der Waals surface area (Å²) in [5.74, 6) is 0.624. The molecule has 27 heavy (non-hydrogen) atoms. The van der Waals surface area contributed by atoms with Crippen LogP contribution in [0.4, 0.5) is 5.69 Å². The van der Waals surface area contributed by atoms with Crippen LogP contribution >= 0.6 is 0 Å². The normalized spacial score (nSPS) is 21.4. The van der Waals surface area contributed by atoms with Gasteiger partial charge in [-0.05, 0) is 38.5 Å². The Balaban J connectivity index is 1.88. The van der Waals surface area contributed by atoms with Crippen molar-refractivity contribution in [2.75, 3.05) is 25.0 Å². The Morgan fingerprint density at radius 1 is 1.11 bits per heavy atom. The summed E-state index contributed by atoms with van der Waals surface area (Å²) in [5, 5.41) is 3.07. The molecular weight excluding hydrogens is 340 g/mol. The highest BCUT2D eigenvalue weighted by molar-refractivity contribution is 5.96. The molecule has 1 aliphatic heterocycles. The average Bonchev–Trinajstić information content (AvgIpc) is 2.64. The van der Waals surface area contributed by atoms with Crippen LogP contribution in [0.1, 0.15) is 32.4 Å². The lowest BCUT2D eigenvalue weighted by atomic mass is 10.0. The van der Waals surface area contributed by atoms with Crippen LogP contribution in [0.15, 0.2) is 54.6 Å². The van der Waals surface area contributed by atoms with E-state index in [4.69, 9.17) is 9.47 Å². The number of anilines is 1.